The fourth-order valence-corrected chi connectivity index (χ4v) is 3.01. The molecule has 1 aromatic rings. The molecular weight excluding hydrogens is 322 g/mol. The van der Waals surface area contributed by atoms with E-state index in [-0.39, 0.29) is 10.0 Å². The standard InChI is InChI=1S/C11H14ClN3O5S/c1-19-10-6(8(18)7(17)4(3-16)20-10)14-11-15-9(12)5(2-13)21-11/h4,6-8,10,16-18H,3H2,1H3,(H,14,15)/t4-,6-,7+,8-,10-/m1/s1. The molecule has 0 unspecified atom stereocenters. The number of anilines is 1. The van der Waals surface area contributed by atoms with Crippen LogP contribution in [0.4, 0.5) is 5.13 Å². The van der Waals surface area contributed by atoms with Crippen molar-refractivity contribution in [3.63, 3.8) is 0 Å². The molecule has 1 aromatic heterocycles. The normalized spacial score (nSPS) is 32.7. The molecule has 21 heavy (non-hydrogen) atoms. The molecule has 0 radical (unpaired) electrons. The molecule has 0 aromatic carbocycles. The molecule has 0 bridgehead atoms. The summed E-state index contributed by atoms with van der Waals surface area (Å²) in [6.07, 6.45) is -4.40. The zero-order valence-electron chi connectivity index (χ0n) is 10.9. The van der Waals surface area contributed by atoms with Crippen molar-refractivity contribution in [1.29, 1.82) is 5.26 Å². The number of hydrogen-bond donors (Lipinski definition) is 4. The molecule has 2 heterocycles. The van der Waals surface area contributed by atoms with Gasteiger partial charge in [-0.2, -0.15) is 5.26 Å². The molecule has 5 atom stereocenters. The predicted octanol–water partition coefficient (Wildman–Crippen LogP) is -0.466. The van der Waals surface area contributed by atoms with Crippen molar-refractivity contribution in [2.75, 3.05) is 19.0 Å². The number of aromatic nitrogens is 1. The van der Waals surface area contributed by atoms with Gasteiger partial charge in [0.2, 0.25) is 0 Å². The number of ether oxygens (including phenoxy) is 2. The lowest BCUT2D eigenvalue weighted by Gasteiger charge is -2.41. The molecule has 1 aliphatic heterocycles. The average Bonchev–Trinajstić information content (AvgIpc) is 2.84. The van der Waals surface area contributed by atoms with Crippen molar-refractivity contribution in [2.45, 2.75) is 30.6 Å². The number of thiazole rings is 1. The van der Waals surface area contributed by atoms with Crippen molar-refractivity contribution in [1.82, 2.24) is 4.98 Å². The highest BCUT2D eigenvalue weighted by Gasteiger charge is 2.44. The maximum Gasteiger partial charge on any atom is 0.185 e. The van der Waals surface area contributed by atoms with Gasteiger partial charge >= 0.3 is 0 Å². The number of methoxy groups -OCH3 is 1. The summed E-state index contributed by atoms with van der Waals surface area (Å²) in [5.74, 6) is 0. The Morgan fingerprint density at radius 2 is 2.24 bits per heavy atom. The topological polar surface area (TPSA) is 128 Å². The molecule has 0 saturated carbocycles. The second kappa shape index (κ2) is 6.85. The van der Waals surface area contributed by atoms with E-state index < -0.39 is 37.3 Å². The van der Waals surface area contributed by atoms with E-state index in [1.165, 1.54) is 7.11 Å². The van der Waals surface area contributed by atoms with Crippen LogP contribution in [0.15, 0.2) is 0 Å². The first-order valence-corrected chi connectivity index (χ1v) is 7.19. The Balaban J connectivity index is 2.18. The van der Waals surface area contributed by atoms with Gasteiger partial charge < -0.3 is 30.1 Å². The van der Waals surface area contributed by atoms with Gasteiger partial charge in [0.25, 0.3) is 0 Å². The Morgan fingerprint density at radius 3 is 2.76 bits per heavy atom. The van der Waals surface area contributed by atoms with E-state index in [0.717, 1.165) is 11.3 Å². The molecule has 8 nitrogen and oxygen atoms in total. The third-order valence-electron chi connectivity index (χ3n) is 3.09. The smallest absolute Gasteiger partial charge is 0.185 e. The Morgan fingerprint density at radius 1 is 1.52 bits per heavy atom. The largest absolute Gasteiger partial charge is 0.394 e. The lowest BCUT2D eigenvalue weighted by atomic mass is 9.97. The van der Waals surface area contributed by atoms with E-state index in [2.05, 4.69) is 10.3 Å². The minimum atomic E-state index is -1.29. The van der Waals surface area contributed by atoms with E-state index in [4.69, 9.17) is 31.4 Å². The highest BCUT2D eigenvalue weighted by atomic mass is 35.5. The van der Waals surface area contributed by atoms with Gasteiger partial charge in [-0.25, -0.2) is 4.98 Å². The lowest BCUT2D eigenvalue weighted by molar-refractivity contribution is -0.254. The first-order chi connectivity index (χ1) is 10.0. The van der Waals surface area contributed by atoms with Crippen molar-refractivity contribution in [2.24, 2.45) is 0 Å². The molecule has 10 heteroatoms. The van der Waals surface area contributed by atoms with Gasteiger partial charge in [-0.1, -0.05) is 22.9 Å². The van der Waals surface area contributed by atoms with E-state index in [0.29, 0.717) is 5.13 Å². The molecule has 2 rings (SSSR count). The molecule has 1 aliphatic rings. The van der Waals surface area contributed by atoms with Crippen LogP contribution in [-0.4, -0.2) is 64.7 Å². The Kier molecular flexibility index (Phi) is 5.34. The summed E-state index contributed by atoms with van der Waals surface area (Å²) in [6.45, 7) is -0.452. The second-order valence-electron chi connectivity index (χ2n) is 4.36. The molecule has 116 valence electrons. The van der Waals surface area contributed by atoms with Crippen LogP contribution in [0.2, 0.25) is 5.15 Å². The third kappa shape index (κ3) is 3.27. The minimum Gasteiger partial charge on any atom is -0.394 e. The van der Waals surface area contributed by atoms with Crippen LogP contribution in [0, 0.1) is 11.3 Å². The van der Waals surface area contributed by atoms with Crippen molar-refractivity contribution in [3.05, 3.63) is 10.0 Å². The molecular formula is C11H14ClN3O5S. The molecule has 0 amide bonds. The Hall–Kier alpha value is -0.990. The summed E-state index contributed by atoms with van der Waals surface area (Å²) in [4.78, 5) is 4.17. The minimum absolute atomic E-state index is 0.0546. The third-order valence-corrected chi connectivity index (χ3v) is 4.37. The Labute approximate surface area is 129 Å². The van der Waals surface area contributed by atoms with Crippen LogP contribution < -0.4 is 5.32 Å². The van der Waals surface area contributed by atoms with Crippen LogP contribution in [0.25, 0.3) is 0 Å². The highest BCUT2D eigenvalue weighted by molar-refractivity contribution is 7.16. The van der Waals surface area contributed by atoms with Crippen LogP contribution in [-0.2, 0) is 9.47 Å². The number of hydrogen-bond acceptors (Lipinski definition) is 9. The Bertz CT molecular complexity index is 534. The lowest BCUT2D eigenvalue weighted by Crippen LogP contribution is -2.61. The second-order valence-corrected chi connectivity index (χ2v) is 5.72. The van der Waals surface area contributed by atoms with E-state index in [9.17, 15) is 10.2 Å². The van der Waals surface area contributed by atoms with Gasteiger partial charge in [0.05, 0.1) is 6.61 Å². The predicted molar refractivity (Wildman–Crippen MR) is 74.0 cm³/mol. The van der Waals surface area contributed by atoms with E-state index in [1.54, 1.807) is 0 Å². The van der Waals surface area contributed by atoms with Gasteiger partial charge in [0.15, 0.2) is 16.6 Å². The zero-order valence-corrected chi connectivity index (χ0v) is 12.5. The SMILES string of the molecule is CO[C@@H]1O[C@H](CO)[C@H](O)[C@H](O)[C@H]1Nc1nc(Cl)c(C#N)s1. The van der Waals surface area contributed by atoms with Gasteiger partial charge in [-0.05, 0) is 0 Å². The molecule has 0 aliphatic carbocycles. The average molecular weight is 336 g/mol. The molecule has 4 N–H and O–H groups in total. The van der Waals surface area contributed by atoms with Gasteiger partial charge in [0, 0.05) is 7.11 Å². The number of rotatable bonds is 4. The summed E-state index contributed by atoms with van der Waals surface area (Å²) >= 11 is 6.78. The molecule has 0 spiro atoms. The van der Waals surface area contributed by atoms with Gasteiger partial charge in [0.1, 0.15) is 35.3 Å². The van der Waals surface area contributed by atoms with E-state index in [1.807, 2.05) is 6.07 Å². The fourth-order valence-electron chi connectivity index (χ4n) is 2.01. The quantitative estimate of drug-likeness (QED) is 0.581. The van der Waals surface area contributed by atoms with Crippen molar-refractivity contribution < 1.29 is 24.8 Å². The maximum absolute atomic E-state index is 10.1. The van der Waals surface area contributed by atoms with Crippen LogP contribution in [0.3, 0.4) is 0 Å². The van der Waals surface area contributed by atoms with Crippen molar-refractivity contribution >= 4 is 28.1 Å². The number of aliphatic hydroxyl groups is 3. The monoisotopic (exact) mass is 335 g/mol. The number of nitrogens with one attached hydrogen (secondary N) is 1. The summed E-state index contributed by atoms with van der Waals surface area (Å²) in [7, 11) is 1.37. The number of nitrogens with zero attached hydrogens (tertiary/aromatic N) is 2. The van der Waals surface area contributed by atoms with Crippen molar-refractivity contribution in [3.8, 4) is 6.07 Å². The van der Waals surface area contributed by atoms with Crippen LogP contribution >= 0.6 is 22.9 Å². The van der Waals surface area contributed by atoms with Crippen LogP contribution in [0.1, 0.15) is 4.88 Å². The number of aliphatic hydroxyl groups excluding tert-OH is 3. The summed E-state index contributed by atoms with van der Waals surface area (Å²) < 4.78 is 10.5. The summed E-state index contributed by atoms with van der Waals surface area (Å²) in [6, 6.07) is 1.06. The summed E-state index contributed by atoms with van der Waals surface area (Å²) in [5.41, 5.74) is 0. The first-order valence-electron chi connectivity index (χ1n) is 6.00. The molecule has 1 saturated heterocycles. The zero-order chi connectivity index (χ0) is 15.6. The van der Waals surface area contributed by atoms with Gasteiger partial charge in [-0.15, -0.1) is 0 Å². The van der Waals surface area contributed by atoms with Gasteiger partial charge in [-0.3, -0.25) is 0 Å². The number of nitriles is 1. The highest BCUT2D eigenvalue weighted by Crippen LogP contribution is 2.30. The fraction of sp³-hybridized carbons (Fsp3) is 0.636. The van der Waals surface area contributed by atoms with E-state index >= 15 is 0 Å². The van der Waals surface area contributed by atoms with Crippen LogP contribution in [0.5, 0.6) is 0 Å². The maximum atomic E-state index is 10.1. The summed E-state index contributed by atoms with van der Waals surface area (Å²) in [5, 5.41) is 41.1. The first kappa shape index (κ1) is 16.4. The number of halogens is 1. The molecule has 1 fully saturated rings.